The minimum Gasteiger partial charge on any atom is -0.341 e. The van der Waals surface area contributed by atoms with Crippen LogP contribution in [-0.4, -0.2) is 32.4 Å². The van der Waals surface area contributed by atoms with Gasteiger partial charge in [0, 0.05) is 25.1 Å². The Labute approximate surface area is 185 Å². The van der Waals surface area contributed by atoms with E-state index < -0.39 is 11.3 Å². The molecule has 0 aliphatic carbocycles. The summed E-state index contributed by atoms with van der Waals surface area (Å²) in [6.45, 7) is 3.73. The Morgan fingerprint density at radius 2 is 1.81 bits per heavy atom. The highest BCUT2D eigenvalue weighted by Gasteiger charge is 2.24. The first-order valence-corrected chi connectivity index (χ1v) is 10.9. The Hall–Kier alpha value is -3.13. The summed E-state index contributed by atoms with van der Waals surface area (Å²) in [5, 5.41) is 5.34. The average Bonchev–Trinajstić information content (AvgIpc) is 3.18. The molecule has 3 rings (SSSR count). The second kappa shape index (κ2) is 10.3. The molecule has 3 aromatic rings. The summed E-state index contributed by atoms with van der Waals surface area (Å²) < 4.78 is 15.2. The number of carbonyl (C=O) groups excluding carboxylic acids is 2. The van der Waals surface area contributed by atoms with E-state index in [4.69, 9.17) is 0 Å². The van der Waals surface area contributed by atoms with Gasteiger partial charge in [-0.2, -0.15) is 0 Å². The van der Waals surface area contributed by atoms with Crippen molar-refractivity contribution in [3.8, 4) is 0 Å². The van der Waals surface area contributed by atoms with E-state index in [1.54, 1.807) is 36.0 Å². The van der Waals surface area contributed by atoms with Crippen molar-refractivity contribution >= 4 is 29.3 Å². The van der Waals surface area contributed by atoms with Gasteiger partial charge in [-0.05, 0) is 43.7 Å². The van der Waals surface area contributed by atoms with Crippen LogP contribution in [0.1, 0.15) is 29.9 Å². The predicted octanol–water partition coefficient (Wildman–Crippen LogP) is 3.83. The topological polar surface area (TPSA) is 76.0 Å². The van der Waals surface area contributed by atoms with Gasteiger partial charge >= 0.3 is 0 Å². The maximum absolute atomic E-state index is 13.4. The van der Waals surface area contributed by atoms with Crippen LogP contribution in [0.25, 0.3) is 0 Å². The number of aromatic nitrogens is 2. The van der Waals surface area contributed by atoms with Crippen LogP contribution < -0.4 is 10.6 Å². The molecule has 0 aliphatic heterocycles. The summed E-state index contributed by atoms with van der Waals surface area (Å²) in [6.07, 6.45) is 3.43. The van der Waals surface area contributed by atoms with E-state index in [9.17, 15) is 14.0 Å². The number of carbonyl (C=O) groups is 2. The molecule has 0 aliphatic rings. The van der Waals surface area contributed by atoms with Crippen LogP contribution in [0.15, 0.2) is 60.9 Å². The summed E-state index contributed by atoms with van der Waals surface area (Å²) in [5.41, 5.74) is 2.55. The zero-order valence-corrected chi connectivity index (χ0v) is 18.4. The number of benzene rings is 2. The SMILES string of the molecule is Cc1ccc(NC(=O)CSC(C)C(=O)NC(c2ccc(F)cc2)c2nccn2C)cc1. The molecule has 1 aromatic heterocycles. The molecular formula is C23H25FN4O2S. The van der Waals surface area contributed by atoms with Crippen LogP contribution in [0.2, 0.25) is 0 Å². The van der Waals surface area contributed by atoms with Gasteiger partial charge in [0.2, 0.25) is 11.8 Å². The summed E-state index contributed by atoms with van der Waals surface area (Å²) in [6, 6.07) is 13.0. The van der Waals surface area contributed by atoms with Gasteiger partial charge in [-0.25, -0.2) is 9.37 Å². The first-order chi connectivity index (χ1) is 14.8. The van der Waals surface area contributed by atoms with Gasteiger partial charge in [0.05, 0.1) is 11.0 Å². The fraction of sp³-hybridized carbons (Fsp3) is 0.261. The van der Waals surface area contributed by atoms with Crippen molar-refractivity contribution in [2.24, 2.45) is 7.05 Å². The molecule has 0 spiro atoms. The van der Waals surface area contributed by atoms with Gasteiger partial charge < -0.3 is 15.2 Å². The Morgan fingerprint density at radius 1 is 1.13 bits per heavy atom. The van der Waals surface area contributed by atoms with Gasteiger partial charge in [0.15, 0.2) is 0 Å². The van der Waals surface area contributed by atoms with Crippen molar-refractivity contribution in [1.82, 2.24) is 14.9 Å². The van der Waals surface area contributed by atoms with Crippen molar-refractivity contribution in [3.63, 3.8) is 0 Å². The molecule has 31 heavy (non-hydrogen) atoms. The second-order valence-electron chi connectivity index (χ2n) is 7.26. The van der Waals surface area contributed by atoms with Crippen LogP contribution in [0.5, 0.6) is 0 Å². The van der Waals surface area contributed by atoms with Crippen LogP contribution in [0.4, 0.5) is 10.1 Å². The molecule has 0 fully saturated rings. The fourth-order valence-electron chi connectivity index (χ4n) is 2.98. The van der Waals surface area contributed by atoms with E-state index in [-0.39, 0.29) is 23.4 Å². The maximum atomic E-state index is 13.4. The van der Waals surface area contributed by atoms with E-state index in [1.807, 2.05) is 38.2 Å². The van der Waals surface area contributed by atoms with E-state index in [0.29, 0.717) is 5.82 Å². The van der Waals surface area contributed by atoms with E-state index >= 15 is 0 Å². The molecule has 0 saturated carbocycles. The standard InChI is InChI=1S/C23H25FN4O2S/c1-15-4-10-19(11-5-15)26-20(29)14-31-16(2)23(30)27-21(22-25-12-13-28(22)3)17-6-8-18(24)9-7-17/h4-13,16,21H,14H2,1-3H3,(H,26,29)(H,27,30). The predicted molar refractivity (Wildman–Crippen MR) is 121 cm³/mol. The number of aryl methyl sites for hydroxylation is 2. The van der Waals surface area contributed by atoms with Crippen LogP contribution in [0.3, 0.4) is 0 Å². The lowest BCUT2D eigenvalue weighted by Gasteiger charge is -2.21. The lowest BCUT2D eigenvalue weighted by Crippen LogP contribution is -2.36. The van der Waals surface area contributed by atoms with Gasteiger partial charge in [-0.15, -0.1) is 11.8 Å². The number of amides is 2. The van der Waals surface area contributed by atoms with Gasteiger partial charge in [0.1, 0.15) is 17.7 Å². The highest BCUT2D eigenvalue weighted by atomic mass is 32.2. The van der Waals surface area contributed by atoms with E-state index in [0.717, 1.165) is 16.8 Å². The van der Waals surface area contributed by atoms with Crippen molar-refractivity contribution < 1.29 is 14.0 Å². The molecule has 0 bridgehead atoms. The number of hydrogen-bond donors (Lipinski definition) is 2. The molecule has 6 nitrogen and oxygen atoms in total. The molecular weight excluding hydrogens is 415 g/mol. The Morgan fingerprint density at radius 3 is 2.42 bits per heavy atom. The van der Waals surface area contributed by atoms with Crippen LogP contribution in [0, 0.1) is 12.7 Å². The summed E-state index contributed by atoms with van der Waals surface area (Å²) in [5.74, 6) is 0.0242. The van der Waals surface area contributed by atoms with Crippen molar-refractivity contribution in [3.05, 3.63) is 83.7 Å². The molecule has 2 N–H and O–H groups in total. The number of nitrogens with zero attached hydrogens (tertiary/aromatic N) is 2. The number of nitrogens with one attached hydrogen (secondary N) is 2. The highest BCUT2D eigenvalue weighted by molar-refractivity contribution is 8.01. The first-order valence-electron chi connectivity index (χ1n) is 9.84. The van der Waals surface area contributed by atoms with Gasteiger partial charge in [-0.3, -0.25) is 9.59 Å². The highest BCUT2D eigenvalue weighted by Crippen LogP contribution is 2.22. The number of halogens is 1. The molecule has 162 valence electrons. The van der Waals surface area contributed by atoms with Crippen molar-refractivity contribution in [1.29, 1.82) is 0 Å². The number of anilines is 1. The Kier molecular flexibility index (Phi) is 7.46. The molecule has 2 atom stereocenters. The monoisotopic (exact) mass is 440 g/mol. The van der Waals surface area contributed by atoms with Crippen LogP contribution in [-0.2, 0) is 16.6 Å². The Balaban J connectivity index is 1.61. The molecule has 2 unspecified atom stereocenters. The summed E-state index contributed by atoms with van der Waals surface area (Å²) in [7, 11) is 1.83. The smallest absolute Gasteiger partial charge is 0.234 e. The van der Waals surface area contributed by atoms with Crippen LogP contribution >= 0.6 is 11.8 Å². The third kappa shape index (κ3) is 6.18. The third-order valence-corrected chi connectivity index (χ3v) is 5.92. The molecule has 8 heteroatoms. The number of hydrogen-bond acceptors (Lipinski definition) is 4. The lowest BCUT2D eigenvalue weighted by molar-refractivity contribution is -0.120. The molecule has 2 amide bonds. The molecule has 2 aromatic carbocycles. The molecule has 1 heterocycles. The summed E-state index contributed by atoms with van der Waals surface area (Å²) in [4.78, 5) is 29.4. The van der Waals surface area contributed by atoms with Gasteiger partial charge in [-0.1, -0.05) is 29.8 Å². The molecule has 0 saturated heterocycles. The first kappa shape index (κ1) is 22.6. The van der Waals surface area contributed by atoms with Crippen molar-refractivity contribution in [2.75, 3.05) is 11.1 Å². The quantitative estimate of drug-likeness (QED) is 0.558. The lowest BCUT2D eigenvalue weighted by atomic mass is 10.1. The average molecular weight is 441 g/mol. The number of rotatable bonds is 8. The van der Waals surface area contributed by atoms with E-state index in [2.05, 4.69) is 15.6 Å². The minimum atomic E-state index is -0.530. The maximum Gasteiger partial charge on any atom is 0.234 e. The van der Waals surface area contributed by atoms with Gasteiger partial charge in [0.25, 0.3) is 0 Å². The zero-order chi connectivity index (χ0) is 22.4. The van der Waals surface area contributed by atoms with E-state index in [1.165, 1.54) is 23.9 Å². The largest absolute Gasteiger partial charge is 0.341 e. The third-order valence-electron chi connectivity index (χ3n) is 4.78. The number of imidazole rings is 1. The minimum absolute atomic E-state index is 0.145. The summed E-state index contributed by atoms with van der Waals surface area (Å²) >= 11 is 1.24. The second-order valence-corrected chi connectivity index (χ2v) is 8.59. The Bertz CT molecular complexity index is 1030. The molecule has 0 radical (unpaired) electrons. The zero-order valence-electron chi connectivity index (χ0n) is 17.6. The number of thioether (sulfide) groups is 1. The fourth-order valence-corrected chi connectivity index (χ4v) is 3.67. The van der Waals surface area contributed by atoms with Crippen molar-refractivity contribution in [2.45, 2.75) is 25.1 Å². The normalized spacial score (nSPS) is 12.8.